The summed E-state index contributed by atoms with van der Waals surface area (Å²) >= 11 is 0. The van der Waals surface area contributed by atoms with E-state index >= 15 is 0 Å². The highest BCUT2D eigenvalue weighted by atomic mass is 32.2. The Morgan fingerprint density at radius 3 is 2.63 bits per heavy atom. The fourth-order valence-corrected chi connectivity index (χ4v) is 3.64. The number of ether oxygens (including phenoxy) is 1. The van der Waals surface area contributed by atoms with Crippen molar-refractivity contribution in [2.24, 2.45) is 0 Å². The summed E-state index contributed by atoms with van der Waals surface area (Å²) in [6.07, 6.45) is 1.70. The van der Waals surface area contributed by atoms with Gasteiger partial charge in [-0.1, -0.05) is 0 Å². The van der Waals surface area contributed by atoms with Crippen LogP contribution >= 0.6 is 0 Å². The first kappa shape index (κ1) is 19.0. The van der Waals surface area contributed by atoms with Crippen molar-refractivity contribution < 1.29 is 13.2 Å². The molecule has 1 aromatic heterocycles. The van der Waals surface area contributed by atoms with Gasteiger partial charge in [0.1, 0.15) is 0 Å². The minimum absolute atomic E-state index is 0.121. The van der Waals surface area contributed by atoms with Crippen LogP contribution in [0.1, 0.15) is 5.56 Å². The van der Waals surface area contributed by atoms with Crippen LogP contribution in [0, 0.1) is 11.3 Å². The SMILES string of the molecule is N#Cc1ccc(S(=O)(=O)NCCNc2cc(N3CCOCC3)cnn2)cc1. The zero-order valence-corrected chi connectivity index (χ0v) is 15.4. The highest BCUT2D eigenvalue weighted by Gasteiger charge is 2.14. The number of hydrogen-bond acceptors (Lipinski definition) is 8. The molecule has 1 aromatic carbocycles. The second-order valence-corrected chi connectivity index (χ2v) is 7.63. The number of anilines is 2. The predicted octanol–water partition coefficient (Wildman–Crippen LogP) is 0.575. The number of sulfonamides is 1. The zero-order chi connectivity index (χ0) is 19.1. The van der Waals surface area contributed by atoms with E-state index < -0.39 is 10.0 Å². The molecule has 9 nitrogen and oxygen atoms in total. The highest BCUT2D eigenvalue weighted by molar-refractivity contribution is 7.89. The average molecular weight is 388 g/mol. The molecule has 1 aliphatic heterocycles. The summed E-state index contributed by atoms with van der Waals surface area (Å²) in [5.41, 5.74) is 1.36. The van der Waals surface area contributed by atoms with Crippen molar-refractivity contribution in [3.63, 3.8) is 0 Å². The lowest BCUT2D eigenvalue weighted by Crippen LogP contribution is -2.36. The molecule has 1 saturated heterocycles. The van der Waals surface area contributed by atoms with Gasteiger partial charge in [0.15, 0.2) is 5.82 Å². The third kappa shape index (κ3) is 5.13. The van der Waals surface area contributed by atoms with Crippen LogP contribution < -0.4 is 14.9 Å². The summed E-state index contributed by atoms with van der Waals surface area (Å²) in [7, 11) is -3.62. The number of nitrogens with zero attached hydrogens (tertiary/aromatic N) is 4. The Bertz CT molecular complexity index is 905. The number of rotatable bonds is 7. The van der Waals surface area contributed by atoms with Crippen molar-refractivity contribution >= 4 is 21.5 Å². The molecule has 1 fully saturated rings. The van der Waals surface area contributed by atoms with E-state index in [9.17, 15) is 8.42 Å². The quantitative estimate of drug-likeness (QED) is 0.661. The molecule has 0 bridgehead atoms. The van der Waals surface area contributed by atoms with Crippen LogP contribution in [0.4, 0.5) is 11.5 Å². The molecule has 0 unspecified atom stereocenters. The Kier molecular flexibility index (Phi) is 6.18. The molecular formula is C17H20N6O3S. The zero-order valence-electron chi connectivity index (χ0n) is 14.6. The minimum Gasteiger partial charge on any atom is -0.378 e. The van der Waals surface area contributed by atoms with Gasteiger partial charge in [0.2, 0.25) is 10.0 Å². The molecule has 2 aromatic rings. The van der Waals surface area contributed by atoms with E-state index in [1.165, 1.54) is 24.3 Å². The van der Waals surface area contributed by atoms with Gasteiger partial charge < -0.3 is 15.0 Å². The Morgan fingerprint density at radius 2 is 1.93 bits per heavy atom. The van der Waals surface area contributed by atoms with Crippen LogP contribution in [0.3, 0.4) is 0 Å². The average Bonchev–Trinajstić information content (AvgIpc) is 2.72. The summed E-state index contributed by atoms with van der Waals surface area (Å²) in [6.45, 7) is 3.51. The van der Waals surface area contributed by atoms with Crippen LogP contribution in [-0.4, -0.2) is 58.0 Å². The lowest BCUT2D eigenvalue weighted by atomic mass is 10.2. The molecule has 10 heteroatoms. The molecule has 0 saturated carbocycles. The second-order valence-electron chi connectivity index (χ2n) is 5.86. The molecule has 0 amide bonds. The van der Waals surface area contributed by atoms with Gasteiger partial charge in [0.25, 0.3) is 0 Å². The number of nitriles is 1. The first-order valence-corrected chi connectivity index (χ1v) is 9.96. The Balaban J connectivity index is 1.51. The molecule has 2 N–H and O–H groups in total. The Labute approximate surface area is 158 Å². The van der Waals surface area contributed by atoms with Crippen molar-refractivity contribution in [2.45, 2.75) is 4.90 Å². The summed E-state index contributed by atoms with van der Waals surface area (Å²) in [6, 6.07) is 9.60. The topological polar surface area (TPSA) is 120 Å². The van der Waals surface area contributed by atoms with E-state index in [1.54, 1.807) is 6.20 Å². The maximum absolute atomic E-state index is 12.2. The van der Waals surface area contributed by atoms with Gasteiger partial charge in [-0.2, -0.15) is 10.4 Å². The number of aromatic nitrogens is 2. The van der Waals surface area contributed by atoms with Gasteiger partial charge in [0, 0.05) is 32.2 Å². The van der Waals surface area contributed by atoms with Gasteiger partial charge in [-0.15, -0.1) is 5.10 Å². The summed E-state index contributed by atoms with van der Waals surface area (Å²) < 4.78 is 32.3. The molecule has 0 aliphatic carbocycles. The molecule has 3 rings (SSSR count). The van der Waals surface area contributed by atoms with E-state index in [4.69, 9.17) is 10.00 Å². The molecule has 0 radical (unpaired) electrons. The normalized spacial score (nSPS) is 14.6. The third-order valence-electron chi connectivity index (χ3n) is 4.03. The van der Waals surface area contributed by atoms with Gasteiger partial charge in [-0.25, -0.2) is 13.1 Å². The molecule has 1 aliphatic rings. The molecule has 0 atom stereocenters. The van der Waals surface area contributed by atoms with Crippen molar-refractivity contribution in [1.29, 1.82) is 5.26 Å². The van der Waals surface area contributed by atoms with Crippen molar-refractivity contribution in [2.75, 3.05) is 49.6 Å². The molecule has 27 heavy (non-hydrogen) atoms. The molecule has 2 heterocycles. The Morgan fingerprint density at radius 1 is 1.19 bits per heavy atom. The summed E-state index contributed by atoms with van der Waals surface area (Å²) in [5, 5.41) is 19.8. The van der Waals surface area contributed by atoms with Crippen LogP contribution in [0.25, 0.3) is 0 Å². The third-order valence-corrected chi connectivity index (χ3v) is 5.51. The fourth-order valence-electron chi connectivity index (χ4n) is 2.61. The van der Waals surface area contributed by atoms with Crippen molar-refractivity contribution in [1.82, 2.24) is 14.9 Å². The smallest absolute Gasteiger partial charge is 0.240 e. The second kappa shape index (κ2) is 8.77. The van der Waals surface area contributed by atoms with E-state index in [2.05, 4.69) is 25.1 Å². The fraction of sp³-hybridized carbons (Fsp3) is 0.353. The number of nitrogens with one attached hydrogen (secondary N) is 2. The van der Waals surface area contributed by atoms with E-state index in [0.717, 1.165) is 18.8 Å². The van der Waals surface area contributed by atoms with Gasteiger partial charge in [-0.05, 0) is 24.3 Å². The first-order chi connectivity index (χ1) is 13.1. The van der Waals surface area contributed by atoms with Gasteiger partial charge in [0.05, 0.1) is 41.6 Å². The van der Waals surface area contributed by atoms with E-state index in [1.807, 2.05) is 12.1 Å². The Hall–Kier alpha value is -2.74. The van der Waals surface area contributed by atoms with Crippen LogP contribution in [-0.2, 0) is 14.8 Å². The van der Waals surface area contributed by atoms with E-state index in [-0.39, 0.29) is 11.4 Å². The highest BCUT2D eigenvalue weighted by Crippen LogP contribution is 2.17. The maximum Gasteiger partial charge on any atom is 0.240 e. The lowest BCUT2D eigenvalue weighted by molar-refractivity contribution is 0.122. The monoisotopic (exact) mass is 388 g/mol. The standard InChI is InChI=1S/C17H20N6O3S/c18-12-14-1-3-16(4-2-14)27(24,25)21-6-5-19-17-11-15(13-20-22-17)23-7-9-26-10-8-23/h1-4,11,13,21H,5-10H2,(H,19,22). The van der Waals surface area contributed by atoms with Gasteiger partial charge in [-0.3, -0.25) is 0 Å². The van der Waals surface area contributed by atoms with Crippen molar-refractivity contribution in [3.8, 4) is 6.07 Å². The number of hydrogen-bond donors (Lipinski definition) is 2. The van der Waals surface area contributed by atoms with Crippen LogP contribution in [0.5, 0.6) is 0 Å². The molecular weight excluding hydrogens is 368 g/mol. The van der Waals surface area contributed by atoms with Crippen LogP contribution in [0.2, 0.25) is 0 Å². The largest absolute Gasteiger partial charge is 0.378 e. The maximum atomic E-state index is 12.2. The van der Waals surface area contributed by atoms with Gasteiger partial charge >= 0.3 is 0 Å². The number of benzene rings is 1. The van der Waals surface area contributed by atoms with Crippen LogP contribution in [0.15, 0.2) is 41.4 Å². The molecule has 142 valence electrons. The lowest BCUT2D eigenvalue weighted by Gasteiger charge is -2.28. The minimum atomic E-state index is -3.62. The first-order valence-electron chi connectivity index (χ1n) is 8.47. The number of morpholine rings is 1. The van der Waals surface area contributed by atoms with E-state index in [0.29, 0.717) is 31.1 Å². The molecule has 0 spiro atoms. The summed E-state index contributed by atoms with van der Waals surface area (Å²) in [4.78, 5) is 2.28. The predicted molar refractivity (Wildman–Crippen MR) is 99.9 cm³/mol. The summed E-state index contributed by atoms with van der Waals surface area (Å²) in [5.74, 6) is 0.580. The van der Waals surface area contributed by atoms with Crippen molar-refractivity contribution in [3.05, 3.63) is 42.1 Å².